The van der Waals surface area contributed by atoms with Crippen molar-refractivity contribution in [3.8, 4) is 23.0 Å². The van der Waals surface area contributed by atoms with Gasteiger partial charge in [0.15, 0.2) is 11.5 Å². The van der Waals surface area contributed by atoms with Gasteiger partial charge in [-0.2, -0.15) is 0 Å². The van der Waals surface area contributed by atoms with Crippen LogP contribution in [0.25, 0.3) is 16.2 Å². The molecule has 0 fully saturated rings. The SMILES string of the molecule is C=C/C(=C\C=C(/C)C(C)(C)C)N(c1cc(C)cc(N(c2ccc(C(C)(C)C)cc2)c2c(O)c(O)c(O)c(O)c2C=C)c1C)c1csc2ccc(C(C)(C)C)cc12. The van der Waals surface area contributed by atoms with Crippen molar-refractivity contribution < 1.29 is 20.4 Å². The van der Waals surface area contributed by atoms with Gasteiger partial charge in [0.2, 0.25) is 11.5 Å². The van der Waals surface area contributed by atoms with Crippen molar-refractivity contribution in [3.63, 3.8) is 0 Å². The van der Waals surface area contributed by atoms with Crippen LogP contribution in [-0.2, 0) is 10.8 Å². The van der Waals surface area contributed by atoms with Crippen LogP contribution in [0.15, 0.2) is 103 Å². The maximum absolute atomic E-state index is 11.7. The maximum atomic E-state index is 11.7. The van der Waals surface area contributed by atoms with Crippen molar-refractivity contribution in [1.29, 1.82) is 0 Å². The van der Waals surface area contributed by atoms with Crippen LogP contribution in [-0.4, -0.2) is 20.4 Å². The molecular weight excluding hydrogens is 713 g/mol. The predicted octanol–water partition coefficient (Wildman–Crippen LogP) is 14.2. The van der Waals surface area contributed by atoms with Gasteiger partial charge in [0.1, 0.15) is 5.69 Å². The number of hydrogen-bond donors (Lipinski definition) is 4. The smallest absolute Gasteiger partial charge is 0.206 e. The Morgan fingerprint density at radius 3 is 1.80 bits per heavy atom. The van der Waals surface area contributed by atoms with E-state index >= 15 is 0 Å². The largest absolute Gasteiger partial charge is 0.504 e. The molecule has 0 unspecified atom stereocenters. The highest BCUT2D eigenvalue weighted by molar-refractivity contribution is 7.17. The van der Waals surface area contributed by atoms with Crippen LogP contribution in [0.4, 0.5) is 28.4 Å². The number of nitrogens with zero attached hydrogens (tertiary/aromatic N) is 2. The lowest BCUT2D eigenvalue weighted by atomic mass is 9.86. The highest BCUT2D eigenvalue weighted by Crippen LogP contribution is 2.56. The lowest BCUT2D eigenvalue weighted by Crippen LogP contribution is -2.19. The van der Waals surface area contributed by atoms with Crippen molar-refractivity contribution in [3.05, 3.63) is 130 Å². The molecule has 1 heterocycles. The summed E-state index contributed by atoms with van der Waals surface area (Å²) in [7, 11) is 0. The van der Waals surface area contributed by atoms with Gasteiger partial charge in [0.25, 0.3) is 0 Å². The summed E-state index contributed by atoms with van der Waals surface area (Å²) in [5.41, 5.74) is 9.29. The van der Waals surface area contributed by atoms with E-state index in [1.54, 1.807) is 11.3 Å². The van der Waals surface area contributed by atoms with E-state index in [9.17, 15) is 20.4 Å². The standard InChI is InChI=1S/C49H58N2O4S/c1-15-34(21-17-30(4)47(6,7)8)50(40-28-56-41-24-20-33(27-37(40)41)49(12,13)14)38-25-29(3)26-39(31(38)5)51(35-22-18-32(19-23-35)48(9,10)11)42-36(16-2)43(52)45(54)46(55)44(42)53/h15-28,52-55H,1-2H2,3-14H3/b30-17+,34-21+. The fraction of sp³-hybridized carbons (Fsp3) is 0.306. The van der Waals surface area contributed by atoms with Gasteiger partial charge in [-0.1, -0.05) is 111 Å². The Labute approximate surface area is 337 Å². The third-order valence-corrected chi connectivity index (χ3v) is 11.6. The highest BCUT2D eigenvalue weighted by Gasteiger charge is 2.31. The zero-order chi connectivity index (χ0) is 41.7. The van der Waals surface area contributed by atoms with E-state index in [4.69, 9.17) is 0 Å². The molecule has 0 aliphatic rings. The summed E-state index contributed by atoms with van der Waals surface area (Å²) in [5.74, 6) is -2.84. The number of phenols is 4. The van der Waals surface area contributed by atoms with Crippen LogP contribution < -0.4 is 9.80 Å². The molecule has 5 rings (SSSR count). The summed E-state index contributed by atoms with van der Waals surface area (Å²) in [4.78, 5) is 4.06. The topological polar surface area (TPSA) is 87.4 Å². The minimum atomic E-state index is -0.830. The normalized spacial score (nSPS) is 12.9. The minimum Gasteiger partial charge on any atom is -0.504 e. The molecule has 4 N–H and O–H groups in total. The average molecular weight is 771 g/mol. The summed E-state index contributed by atoms with van der Waals surface area (Å²) in [6, 6.07) is 18.9. The molecule has 0 aliphatic heterocycles. The van der Waals surface area contributed by atoms with Crippen LogP contribution in [0.3, 0.4) is 0 Å². The first-order chi connectivity index (χ1) is 26.0. The molecule has 5 aromatic rings. The summed E-state index contributed by atoms with van der Waals surface area (Å²) >= 11 is 1.69. The third kappa shape index (κ3) is 7.96. The number of allylic oxidation sites excluding steroid dienone is 4. The average Bonchev–Trinajstić information content (AvgIpc) is 3.54. The number of hydrogen-bond acceptors (Lipinski definition) is 7. The molecule has 0 spiro atoms. The summed E-state index contributed by atoms with van der Waals surface area (Å²) in [6.45, 7) is 34.1. The van der Waals surface area contributed by atoms with E-state index in [2.05, 4.69) is 129 Å². The second-order valence-corrected chi connectivity index (χ2v) is 18.6. The first-order valence-electron chi connectivity index (χ1n) is 19.0. The fourth-order valence-electron chi connectivity index (χ4n) is 6.67. The van der Waals surface area contributed by atoms with Crippen molar-refractivity contribution >= 4 is 55.9 Å². The van der Waals surface area contributed by atoms with Crippen LogP contribution in [0.1, 0.15) is 97.1 Å². The molecule has 0 saturated heterocycles. The van der Waals surface area contributed by atoms with E-state index in [0.29, 0.717) is 11.4 Å². The monoisotopic (exact) mass is 770 g/mol. The van der Waals surface area contributed by atoms with Crippen LogP contribution in [0.2, 0.25) is 0 Å². The molecule has 7 heteroatoms. The van der Waals surface area contributed by atoms with Crippen molar-refractivity contribution in [2.45, 2.75) is 93.9 Å². The van der Waals surface area contributed by atoms with Gasteiger partial charge in [-0.3, -0.25) is 0 Å². The van der Waals surface area contributed by atoms with Crippen molar-refractivity contribution in [1.82, 2.24) is 0 Å². The second kappa shape index (κ2) is 15.3. The number of phenolic OH excluding ortho intramolecular Hbond substituents is 4. The molecule has 0 amide bonds. The van der Waals surface area contributed by atoms with E-state index in [0.717, 1.165) is 43.8 Å². The van der Waals surface area contributed by atoms with Gasteiger partial charge in [0.05, 0.1) is 17.1 Å². The van der Waals surface area contributed by atoms with E-state index in [1.165, 1.54) is 17.2 Å². The lowest BCUT2D eigenvalue weighted by Gasteiger charge is -2.34. The number of aryl methyl sites for hydroxylation is 1. The number of thiophene rings is 1. The first-order valence-corrected chi connectivity index (χ1v) is 19.9. The molecule has 0 aliphatic carbocycles. The molecule has 4 aromatic carbocycles. The number of fused-ring (bicyclic) bond motifs is 1. The number of anilines is 5. The summed E-state index contributed by atoms with van der Waals surface area (Å²) in [5, 5.41) is 47.7. The summed E-state index contributed by atoms with van der Waals surface area (Å²) in [6.07, 6.45) is 7.52. The third-order valence-electron chi connectivity index (χ3n) is 10.6. The maximum Gasteiger partial charge on any atom is 0.206 e. The molecule has 0 bridgehead atoms. The molecule has 0 radical (unpaired) electrons. The van der Waals surface area contributed by atoms with Crippen LogP contribution in [0, 0.1) is 19.3 Å². The van der Waals surface area contributed by atoms with E-state index in [-0.39, 0.29) is 27.5 Å². The zero-order valence-corrected chi connectivity index (χ0v) is 35.9. The Morgan fingerprint density at radius 2 is 1.25 bits per heavy atom. The predicted molar refractivity (Wildman–Crippen MR) is 240 cm³/mol. The van der Waals surface area contributed by atoms with Crippen LogP contribution in [0.5, 0.6) is 23.0 Å². The number of benzene rings is 4. The van der Waals surface area contributed by atoms with Crippen molar-refractivity contribution in [2.24, 2.45) is 5.41 Å². The number of aromatic hydroxyl groups is 4. The minimum absolute atomic E-state index is 0.0359. The Hall–Kier alpha value is -5.40. The molecule has 294 valence electrons. The van der Waals surface area contributed by atoms with Gasteiger partial charge in [-0.15, -0.1) is 11.3 Å². The Morgan fingerprint density at radius 1 is 0.679 bits per heavy atom. The van der Waals surface area contributed by atoms with Crippen LogP contribution >= 0.6 is 11.3 Å². The lowest BCUT2D eigenvalue weighted by molar-refractivity contribution is 0.346. The molecule has 0 saturated carbocycles. The van der Waals surface area contributed by atoms with Gasteiger partial charge in [-0.05, 0) is 108 Å². The zero-order valence-electron chi connectivity index (χ0n) is 35.1. The van der Waals surface area contributed by atoms with Crippen molar-refractivity contribution in [2.75, 3.05) is 9.80 Å². The first kappa shape index (κ1) is 41.8. The molecular formula is C49H58N2O4S. The van der Waals surface area contributed by atoms with Gasteiger partial charge < -0.3 is 30.2 Å². The molecule has 1 aromatic heterocycles. The Balaban J connectivity index is 1.92. The van der Waals surface area contributed by atoms with Gasteiger partial charge in [-0.25, -0.2) is 0 Å². The fourth-order valence-corrected chi connectivity index (χ4v) is 7.57. The Bertz CT molecular complexity index is 2380. The number of rotatable bonds is 9. The summed E-state index contributed by atoms with van der Waals surface area (Å²) < 4.78 is 1.16. The van der Waals surface area contributed by atoms with Gasteiger partial charge in [0, 0.05) is 32.4 Å². The second-order valence-electron chi connectivity index (χ2n) is 17.7. The molecule has 56 heavy (non-hydrogen) atoms. The highest BCUT2D eigenvalue weighted by atomic mass is 32.1. The van der Waals surface area contributed by atoms with E-state index in [1.807, 2.05) is 55.2 Å². The Kier molecular flexibility index (Phi) is 11.4. The quantitative estimate of drug-likeness (QED) is 0.0678. The molecule has 0 atom stereocenters. The molecule has 6 nitrogen and oxygen atoms in total. The van der Waals surface area contributed by atoms with Gasteiger partial charge >= 0.3 is 0 Å². The van der Waals surface area contributed by atoms with E-state index < -0.39 is 23.0 Å².